The summed E-state index contributed by atoms with van der Waals surface area (Å²) in [4.78, 5) is 0. The SMILES string of the molecule is CC(C)CCOCCNc1cccc(CCl)c1. The van der Waals surface area contributed by atoms with Gasteiger partial charge in [-0.2, -0.15) is 0 Å². The minimum Gasteiger partial charge on any atom is -0.383 e. The Labute approximate surface area is 109 Å². The molecule has 17 heavy (non-hydrogen) atoms. The van der Waals surface area contributed by atoms with E-state index in [1.54, 1.807) is 0 Å². The van der Waals surface area contributed by atoms with Crippen molar-refractivity contribution in [2.75, 3.05) is 25.1 Å². The van der Waals surface area contributed by atoms with Gasteiger partial charge in [-0.25, -0.2) is 0 Å². The molecule has 0 aliphatic heterocycles. The Morgan fingerprint density at radius 3 is 2.82 bits per heavy atom. The molecule has 1 aromatic rings. The van der Waals surface area contributed by atoms with E-state index in [9.17, 15) is 0 Å². The Balaban J connectivity index is 2.13. The van der Waals surface area contributed by atoms with Crippen LogP contribution in [0.25, 0.3) is 0 Å². The molecule has 0 spiro atoms. The summed E-state index contributed by atoms with van der Waals surface area (Å²) in [7, 11) is 0. The molecule has 0 amide bonds. The lowest BCUT2D eigenvalue weighted by Crippen LogP contribution is -2.10. The number of hydrogen-bond donors (Lipinski definition) is 1. The summed E-state index contributed by atoms with van der Waals surface area (Å²) < 4.78 is 5.53. The van der Waals surface area contributed by atoms with Crippen molar-refractivity contribution in [2.24, 2.45) is 5.92 Å². The van der Waals surface area contributed by atoms with Gasteiger partial charge in [-0.3, -0.25) is 0 Å². The van der Waals surface area contributed by atoms with Gasteiger partial charge in [0.15, 0.2) is 0 Å². The topological polar surface area (TPSA) is 21.3 Å². The first-order valence-corrected chi connectivity index (χ1v) is 6.72. The monoisotopic (exact) mass is 255 g/mol. The minimum absolute atomic E-state index is 0.556. The largest absolute Gasteiger partial charge is 0.383 e. The second-order valence-corrected chi connectivity index (χ2v) is 4.82. The van der Waals surface area contributed by atoms with Crippen molar-refractivity contribution in [1.82, 2.24) is 0 Å². The number of halogens is 1. The third-order valence-electron chi connectivity index (χ3n) is 2.50. The van der Waals surface area contributed by atoms with Gasteiger partial charge in [0.1, 0.15) is 0 Å². The summed E-state index contributed by atoms with van der Waals surface area (Å²) in [6.45, 7) is 6.85. The van der Waals surface area contributed by atoms with E-state index in [0.29, 0.717) is 11.8 Å². The Kier molecular flexibility index (Phi) is 7.06. The van der Waals surface area contributed by atoms with Crippen LogP contribution in [0.2, 0.25) is 0 Å². The summed E-state index contributed by atoms with van der Waals surface area (Å²) in [5.74, 6) is 1.27. The number of ether oxygens (including phenoxy) is 1. The molecule has 1 N–H and O–H groups in total. The van der Waals surface area contributed by atoms with Crippen molar-refractivity contribution < 1.29 is 4.74 Å². The number of nitrogens with one attached hydrogen (secondary N) is 1. The van der Waals surface area contributed by atoms with Gasteiger partial charge in [-0.15, -0.1) is 11.6 Å². The molecule has 3 heteroatoms. The third-order valence-corrected chi connectivity index (χ3v) is 2.80. The van der Waals surface area contributed by atoms with Crippen molar-refractivity contribution >= 4 is 17.3 Å². The van der Waals surface area contributed by atoms with E-state index in [1.165, 1.54) is 0 Å². The summed E-state index contributed by atoms with van der Waals surface area (Å²) in [6.07, 6.45) is 1.13. The van der Waals surface area contributed by atoms with Crippen LogP contribution in [0.5, 0.6) is 0 Å². The van der Waals surface area contributed by atoms with Gasteiger partial charge in [0.25, 0.3) is 0 Å². The first-order chi connectivity index (χ1) is 8.22. The highest BCUT2D eigenvalue weighted by molar-refractivity contribution is 6.17. The Morgan fingerprint density at radius 2 is 2.12 bits per heavy atom. The normalized spacial score (nSPS) is 10.8. The molecule has 0 aliphatic rings. The van der Waals surface area contributed by atoms with Crippen molar-refractivity contribution in [3.8, 4) is 0 Å². The van der Waals surface area contributed by atoms with E-state index < -0.39 is 0 Å². The fraction of sp³-hybridized carbons (Fsp3) is 0.571. The minimum atomic E-state index is 0.556. The lowest BCUT2D eigenvalue weighted by Gasteiger charge is -2.09. The van der Waals surface area contributed by atoms with Crippen molar-refractivity contribution in [3.05, 3.63) is 29.8 Å². The molecule has 0 unspecified atom stereocenters. The van der Waals surface area contributed by atoms with Gasteiger partial charge in [0.2, 0.25) is 0 Å². The zero-order chi connectivity index (χ0) is 12.5. The van der Waals surface area contributed by atoms with Crippen LogP contribution in [0.4, 0.5) is 5.69 Å². The van der Waals surface area contributed by atoms with Crippen LogP contribution in [0.1, 0.15) is 25.8 Å². The lowest BCUT2D eigenvalue weighted by molar-refractivity contribution is 0.132. The van der Waals surface area contributed by atoms with Crippen LogP contribution in [0.3, 0.4) is 0 Å². The fourth-order valence-corrected chi connectivity index (χ4v) is 1.62. The highest BCUT2D eigenvalue weighted by Crippen LogP contribution is 2.11. The third kappa shape index (κ3) is 6.54. The van der Waals surface area contributed by atoms with Crippen LogP contribution in [0.15, 0.2) is 24.3 Å². The van der Waals surface area contributed by atoms with Crippen LogP contribution >= 0.6 is 11.6 Å². The summed E-state index contributed by atoms with van der Waals surface area (Å²) in [5.41, 5.74) is 2.24. The predicted molar refractivity (Wildman–Crippen MR) is 74.8 cm³/mol. The average Bonchev–Trinajstić information content (AvgIpc) is 2.33. The number of benzene rings is 1. The lowest BCUT2D eigenvalue weighted by atomic mass is 10.1. The molecule has 96 valence electrons. The second kappa shape index (κ2) is 8.37. The molecule has 0 saturated carbocycles. The van der Waals surface area contributed by atoms with E-state index in [4.69, 9.17) is 16.3 Å². The highest BCUT2D eigenvalue weighted by Gasteiger charge is 1.96. The van der Waals surface area contributed by atoms with Crippen molar-refractivity contribution in [3.63, 3.8) is 0 Å². The molecule has 0 aromatic heterocycles. The molecule has 0 bridgehead atoms. The maximum absolute atomic E-state index is 5.78. The molecule has 0 atom stereocenters. The molecule has 0 fully saturated rings. The predicted octanol–water partition coefficient (Wildman–Crippen LogP) is 3.90. The maximum atomic E-state index is 5.78. The fourth-order valence-electron chi connectivity index (χ4n) is 1.45. The van der Waals surface area contributed by atoms with Crippen LogP contribution in [0, 0.1) is 5.92 Å². The van der Waals surface area contributed by atoms with E-state index in [0.717, 1.165) is 37.4 Å². The average molecular weight is 256 g/mol. The molecular weight excluding hydrogens is 234 g/mol. The first kappa shape index (κ1) is 14.3. The van der Waals surface area contributed by atoms with Gasteiger partial charge < -0.3 is 10.1 Å². The number of hydrogen-bond acceptors (Lipinski definition) is 2. The van der Waals surface area contributed by atoms with E-state index in [1.807, 2.05) is 18.2 Å². The smallest absolute Gasteiger partial charge is 0.0639 e. The summed E-state index contributed by atoms with van der Waals surface area (Å²) in [5, 5.41) is 3.32. The molecule has 0 heterocycles. The van der Waals surface area contributed by atoms with Gasteiger partial charge in [0.05, 0.1) is 6.61 Å². The molecule has 1 rings (SSSR count). The van der Waals surface area contributed by atoms with Crippen LogP contribution < -0.4 is 5.32 Å². The van der Waals surface area contributed by atoms with Gasteiger partial charge in [0, 0.05) is 24.7 Å². The first-order valence-electron chi connectivity index (χ1n) is 6.19. The zero-order valence-corrected chi connectivity index (χ0v) is 11.5. The highest BCUT2D eigenvalue weighted by atomic mass is 35.5. The molecular formula is C14H22ClNO. The zero-order valence-electron chi connectivity index (χ0n) is 10.7. The van der Waals surface area contributed by atoms with Gasteiger partial charge in [-0.05, 0) is 30.0 Å². The second-order valence-electron chi connectivity index (χ2n) is 4.56. The van der Waals surface area contributed by atoms with E-state index in [-0.39, 0.29) is 0 Å². The molecule has 2 nitrogen and oxygen atoms in total. The number of alkyl halides is 1. The quantitative estimate of drug-likeness (QED) is 0.562. The molecule has 0 saturated heterocycles. The van der Waals surface area contributed by atoms with Crippen LogP contribution in [-0.2, 0) is 10.6 Å². The van der Waals surface area contributed by atoms with Gasteiger partial charge in [-0.1, -0.05) is 26.0 Å². The van der Waals surface area contributed by atoms with Crippen molar-refractivity contribution in [1.29, 1.82) is 0 Å². The van der Waals surface area contributed by atoms with Gasteiger partial charge >= 0.3 is 0 Å². The standard InChI is InChI=1S/C14H22ClNO/c1-12(2)6-8-17-9-7-16-14-5-3-4-13(10-14)11-15/h3-5,10,12,16H,6-9,11H2,1-2H3. The molecule has 1 aromatic carbocycles. The Hall–Kier alpha value is -0.730. The maximum Gasteiger partial charge on any atom is 0.0639 e. The molecule has 0 aliphatic carbocycles. The van der Waals surface area contributed by atoms with Crippen LogP contribution in [-0.4, -0.2) is 19.8 Å². The summed E-state index contributed by atoms with van der Waals surface area (Å²) >= 11 is 5.78. The number of anilines is 1. The Bertz CT molecular complexity index is 315. The van der Waals surface area contributed by atoms with E-state index >= 15 is 0 Å². The molecule has 0 radical (unpaired) electrons. The Morgan fingerprint density at radius 1 is 1.29 bits per heavy atom. The number of rotatable bonds is 8. The van der Waals surface area contributed by atoms with Crippen molar-refractivity contribution in [2.45, 2.75) is 26.1 Å². The summed E-state index contributed by atoms with van der Waals surface area (Å²) in [6, 6.07) is 8.16. The van der Waals surface area contributed by atoms with E-state index in [2.05, 4.69) is 25.2 Å².